The SMILES string of the molecule is OC[C@@H]1[C@H](O)[C@@H](O)[C@H](O)c2cncn21. The van der Waals surface area contributed by atoms with Crippen LogP contribution in [0.25, 0.3) is 0 Å². The average molecular weight is 200 g/mol. The lowest BCUT2D eigenvalue weighted by atomic mass is 9.95. The first kappa shape index (κ1) is 9.60. The van der Waals surface area contributed by atoms with Gasteiger partial charge in [-0.05, 0) is 0 Å². The number of nitrogens with zero attached hydrogens (tertiary/aromatic N) is 2. The molecule has 6 heteroatoms. The molecule has 1 aliphatic rings. The molecular formula is C8H12N2O4. The number of imidazole rings is 1. The van der Waals surface area contributed by atoms with Crippen LogP contribution in [-0.4, -0.2) is 48.8 Å². The van der Waals surface area contributed by atoms with E-state index in [4.69, 9.17) is 5.11 Å². The molecule has 2 heterocycles. The highest BCUT2D eigenvalue weighted by atomic mass is 16.4. The molecule has 6 nitrogen and oxygen atoms in total. The molecule has 0 bridgehead atoms. The number of rotatable bonds is 1. The van der Waals surface area contributed by atoms with Crippen LogP contribution in [0.3, 0.4) is 0 Å². The van der Waals surface area contributed by atoms with Crippen molar-refractivity contribution in [3.05, 3.63) is 18.2 Å². The maximum Gasteiger partial charge on any atom is 0.124 e. The van der Waals surface area contributed by atoms with Gasteiger partial charge in [0.1, 0.15) is 18.3 Å². The number of aliphatic hydroxyl groups is 4. The molecule has 0 aromatic carbocycles. The first-order valence-electron chi connectivity index (χ1n) is 4.33. The summed E-state index contributed by atoms with van der Waals surface area (Å²) in [5, 5.41) is 37.6. The third-order valence-electron chi connectivity index (χ3n) is 2.61. The molecule has 0 saturated heterocycles. The molecule has 0 amide bonds. The Hall–Kier alpha value is -0.950. The Kier molecular flexibility index (Phi) is 2.28. The van der Waals surface area contributed by atoms with E-state index in [9.17, 15) is 15.3 Å². The van der Waals surface area contributed by atoms with Crippen LogP contribution in [0.15, 0.2) is 12.5 Å². The second-order valence-corrected chi connectivity index (χ2v) is 3.40. The van der Waals surface area contributed by atoms with Gasteiger partial charge in [0, 0.05) is 0 Å². The molecule has 0 spiro atoms. The number of fused-ring (bicyclic) bond motifs is 1. The molecular weight excluding hydrogens is 188 g/mol. The van der Waals surface area contributed by atoms with Crippen LogP contribution in [0, 0.1) is 0 Å². The van der Waals surface area contributed by atoms with E-state index in [0.29, 0.717) is 5.69 Å². The third-order valence-corrected chi connectivity index (χ3v) is 2.61. The normalized spacial score (nSPS) is 36.9. The van der Waals surface area contributed by atoms with Gasteiger partial charge in [-0.15, -0.1) is 0 Å². The number of aliphatic hydroxyl groups excluding tert-OH is 4. The molecule has 14 heavy (non-hydrogen) atoms. The quantitative estimate of drug-likeness (QED) is 0.428. The number of hydrogen-bond acceptors (Lipinski definition) is 5. The Morgan fingerprint density at radius 2 is 2.00 bits per heavy atom. The largest absolute Gasteiger partial charge is 0.394 e. The lowest BCUT2D eigenvalue weighted by Crippen LogP contribution is -2.45. The Morgan fingerprint density at radius 1 is 1.29 bits per heavy atom. The molecule has 1 aliphatic heterocycles. The van der Waals surface area contributed by atoms with E-state index in [1.54, 1.807) is 0 Å². The Balaban J connectivity index is 2.44. The lowest BCUT2D eigenvalue weighted by Gasteiger charge is -2.35. The predicted molar refractivity (Wildman–Crippen MR) is 45.3 cm³/mol. The fraction of sp³-hybridized carbons (Fsp3) is 0.625. The van der Waals surface area contributed by atoms with E-state index in [0.717, 1.165) is 0 Å². The maximum atomic E-state index is 9.55. The van der Waals surface area contributed by atoms with E-state index < -0.39 is 24.4 Å². The van der Waals surface area contributed by atoms with E-state index >= 15 is 0 Å². The molecule has 1 aromatic rings. The van der Waals surface area contributed by atoms with Gasteiger partial charge in [-0.3, -0.25) is 0 Å². The van der Waals surface area contributed by atoms with Crippen LogP contribution in [0.2, 0.25) is 0 Å². The topological polar surface area (TPSA) is 98.7 Å². The lowest BCUT2D eigenvalue weighted by molar-refractivity contribution is -0.107. The minimum Gasteiger partial charge on any atom is -0.394 e. The van der Waals surface area contributed by atoms with Gasteiger partial charge in [0.05, 0.1) is 30.9 Å². The molecule has 2 rings (SSSR count). The van der Waals surface area contributed by atoms with Crippen molar-refractivity contribution in [2.24, 2.45) is 0 Å². The van der Waals surface area contributed by atoms with Gasteiger partial charge in [-0.1, -0.05) is 0 Å². The zero-order chi connectivity index (χ0) is 10.3. The fourth-order valence-corrected chi connectivity index (χ4v) is 1.77. The number of aromatic nitrogens is 2. The van der Waals surface area contributed by atoms with Crippen LogP contribution in [0.1, 0.15) is 17.8 Å². The molecule has 0 radical (unpaired) electrons. The van der Waals surface area contributed by atoms with Gasteiger partial charge in [-0.25, -0.2) is 4.98 Å². The first-order valence-corrected chi connectivity index (χ1v) is 4.33. The van der Waals surface area contributed by atoms with Gasteiger partial charge in [0.2, 0.25) is 0 Å². The van der Waals surface area contributed by atoms with Gasteiger partial charge >= 0.3 is 0 Å². The fourth-order valence-electron chi connectivity index (χ4n) is 1.77. The molecule has 0 fully saturated rings. The second kappa shape index (κ2) is 3.32. The highest BCUT2D eigenvalue weighted by Gasteiger charge is 2.40. The Bertz CT molecular complexity index is 327. The average Bonchev–Trinajstić information content (AvgIpc) is 2.64. The summed E-state index contributed by atoms with van der Waals surface area (Å²) in [6.07, 6.45) is -0.805. The molecule has 0 unspecified atom stereocenters. The van der Waals surface area contributed by atoms with Crippen LogP contribution in [0.4, 0.5) is 0 Å². The molecule has 4 atom stereocenters. The molecule has 1 aromatic heterocycles. The van der Waals surface area contributed by atoms with E-state index in [2.05, 4.69) is 4.98 Å². The highest BCUT2D eigenvalue weighted by Crippen LogP contribution is 2.31. The Labute approximate surface area is 80.1 Å². The third kappa shape index (κ3) is 1.16. The predicted octanol–water partition coefficient (Wildman–Crippen LogP) is -1.81. The van der Waals surface area contributed by atoms with Crippen LogP contribution in [-0.2, 0) is 0 Å². The molecule has 0 saturated carbocycles. The van der Waals surface area contributed by atoms with Gasteiger partial charge in [-0.2, -0.15) is 0 Å². The minimum absolute atomic E-state index is 0.311. The van der Waals surface area contributed by atoms with Crippen molar-refractivity contribution in [2.45, 2.75) is 24.4 Å². The Morgan fingerprint density at radius 3 is 2.64 bits per heavy atom. The smallest absolute Gasteiger partial charge is 0.124 e. The summed E-state index contributed by atoms with van der Waals surface area (Å²) in [6.45, 7) is -0.311. The van der Waals surface area contributed by atoms with Crippen molar-refractivity contribution >= 4 is 0 Å². The highest BCUT2D eigenvalue weighted by molar-refractivity contribution is 5.12. The summed E-state index contributed by atoms with van der Waals surface area (Å²) < 4.78 is 1.47. The van der Waals surface area contributed by atoms with Crippen molar-refractivity contribution in [3.63, 3.8) is 0 Å². The summed E-state index contributed by atoms with van der Waals surface area (Å²) in [7, 11) is 0. The van der Waals surface area contributed by atoms with E-state index in [-0.39, 0.29) is 6.61 Å². The minimum atomic E-state index is -1.28. The summed E-state index contributed by atoms with van der Waals surface area (Å²) in [5.41, 5.74) is 0.404. The van der Waals surface area contributed by atoms with E-state index in [1.165, 1.54) is 17.1 Å². The summed E-state index contributed by atoms with van der Waals surface area (Å²) in [5.74, 6) is 0. The van der Waals surface area contributed by atoms with Crippen LogP contribution >= 0.6 is 0 Å². The molecule has 4 N–H and O–H groups in total. The summed E-state index contributed by atoms with van der Waals surface area (Å²) >= 11 is 0. The molecule has 78 valence electrons. The summed E-state index contributed by atoms with van der Waals surface area (Å²) in [4.78, 5) is 3.79. The second-order valence-electron chi connectivity index (χ2n) is 3.40. The van der Waals surface area contributed by atoms with E-state index in [1.807, 2.05) is 0 Å². The zero-order valence-electron chi connectivity index (χ0n) is 7.35. The summed E-state index contributed by atoms with van der Waals surface area (Å²) in [6, 6.07) is -0.647. The standard InChI is InChI=1S/C8H12N2O4/c11-2-5-7(13)8(14)6(12)4-1-9-3-10(4)5/h1,3,5-8,11-14H,2H2/t5-,6-,7+,8+/m1/s1. The van der Waals surface area contributed by atoms with Gasteiger partial charge < -0.3 is 25.0 Å². The maximum absolute atomic E-state index is 9.55. The zero-order valence-corrected chi connectivity index (χ0v) is 7.35. The van der Waals surface area contributed by atoms with Crippen LogP contribution < -0.4 is 0 Å². The van der Waals surface area contributed by atoms with Crippen molar-refractivity contribution in [3.8, 4) is 0 Å². The van der Waals surface area contributed by atoms with Gasteiger partial charge in [0.25, 0.3) is 0 Å². The monoisotopic (exact) mass is 200 g/mol. The van der Waals surface area contributed by atoms with Crippen LogP contribution in [0.5, 0.6) is 0 Å². The molecule has 0 aliphatic carbocycles. The van der Waals surface area contributed by atoms with Crippen molar-refractivity contribution < 1.29 is 20.4 Å². The van der Waals surface area contributed by atoms with Crippen molar-refractivity contribution in [2.75, 3.05) is 6.61 Å². The first-order chi connectivity index (χ1) is 6.66. The van der Waals surface area contributed by atoms with Gasteiger partial charge in [0.15, 0.2) is 0 Å². The number of hydrogen-bond donors (Lipinski definition) is 4. The van der Waals surface area contributed by atoms with Crippen molar-refractivity contribution in [1.82, 2.24) is 9.55 Å². The van der Waals surface area contributed by atoms with Crippen molar-refractivity contribution in [1.29, 1.82) is 0 Å².